The molecule has 0 spiro atoms. The Balaban J connectivity index is 1.76. The zero-order valence-electron chi connectivity index (χ0n) is 19.4. The molecule has 0 aliphatic carbocycles. The molecule has 0 saturated carbocycles. The van der Waals surface area contributed by atoms with Crippen molar-refractivity contribution in [3.05, 3.63) is 59.7 Å². The average Bonchev–Trinajstić information content (AvgIpc) is 2.73. The number of rotatable bonds is 5. The standard InChI is InChI=1S/C25H33N3O4/c1-6-20-16(2)22(28-23(29)31-15-17-10-8-7-9-11-17)19-14-18(12-13-21(19)27-20)26-24(30)32-25(3,4)5/h7-14,16,20,22,27H,6,15H2,1-5H3,(H,26,30)(H,28,29)/t16-,20-,22+/m1/s1. The fourth-order valence-electron chi connectivity index (χ4n) is 3.87. The van der Waals surface area contributed by atoms with Crippen molar-refractivity contribution in [3.63, 3.8) is 0 Å². The lowest BCUT2D eigenvalue weighted by Gasteiger charge is -2.39. The van der Waals surface area contributed by atoms with E-state index in [2.05, 4.69) is 29.8 Å². The number of carbonyl (C=O) groups is 2. The molecule has 3 atom stereocenters. The van der Waals surface area contributed by atoms with E-state index in [-0.39, 0.29) is 24.6 Å². The molecule has 7 heteroatoms. The number of nitrogens with one attached hydrogen (secondary N) is 3. The zero-order valence-corrected chi connectivity index (χ0v) is 19.4. The molecule has 0 bridgehead atoms. The van der Waals surface area contributed by atoms with E-state index in [1.807, 2.05) is 69.3 Å². The number of benzene rings is 2. The van der Waals surface area contributed by atoms with Crippen molar-refractivity contribution in [2.45, 2.75) is 65.3 Å². The van der Waals surface area contributed by atoms with Gasteiger partial charge >= 0.3 is 12.2 Å². The molecule has 0 saturated heterocycles. The van der Waals surface area contributed by atoms with E-state index in [0.717, 1.165) is 23.2 Å². The lowest BCUT2D eigenvalue weighted by Crippen LogP contribution is -2.43. The molecular weight excluding hydrogens is 406 g/mol. The van der Waals surface area contributed by atoms with E-state index < -0.39 is 17.8 Å². The van der Waals surface area contributed by atoms with Gasteiger partial charge in [-0.2, -0.15) is 0 Å². The summed E-state index contributed by atoms with van der Waals surface area (Å²) in [7, 11) is 0. The summed E-state index contributed by atoms with van der Waals surface area (Å²) in [4.78, 5) is 24.8. The SMILES string of the molecule is CC[C@H]1Nc2ccc(NC(=O)OC(C)(C)C)cc2[C@@H](NC(=O)OCc2ccccc2)[C@@H]1C. The van der Waals surface area contributed by atoms with Gasteiger partial charge in [0.2, 0.25) is 0 Å². The van der Waals surface area contributed by atoms with Gasteiger partial charge in [-0.05, 0) is 51.0 Å². The summed E-state index contributed by atoms with van der Waals surface area (Å²) in [6.45, 7) is 9.86. The maximum Gasteiger partial charge on any atom is 0.412 e. The summed E-state index contributed by atoms with van der Waals surface area (Å²) < 4.78 is 10.8. The van der Waals surface area contributed by atoms with Crippen LogP contribution in [0.3, 0.4) is 0 Å². The molecule has 0 unspecified atom stereocenters. The van der Waals surface area contributed by atoms with Crippen molar-refractivity contribution in [2.24, 2.45) is 5.92 Å². The van der Waals surface area contributed by atoms with Crippen LogP contribution in [0.1, 0.15) is 58.2 Å². The summed E-state index contributed by atoms with van der Waals surface area (Å²) >= 11 is 0. The molecule has 2 aromatic rings. The van der Waals surface area contributed by atoms with Crippen LogP contribution in [0.2, 0.25) is 0 Å². The Bertz CT molecular complexity index is 940. The Morgan fingerprint density at radius 3 is 2.44 bits per heavy atom. The van der Waals surface area contributed by atoms with E-state index >= 15 is 0 Å². The molecule has 0 fully saturated rings. The van der Waals surface area contributed by atoms with Crippen molar-refractivity contribution < 1.29 is 19.1 Å². The molecule has 32 heavy (non-hydrogen) atoms. The minimum atomic E-state index is -0.588. The first-order valence-electron chi connectivity index (χ1n) is 11.0. The van der Waals surface area contributed by atoms with Gasteiger partial charge in [0.25, 0.3) is 0 Å². The van der Waals surface area contributed by atoms with Crippen LogP contribution in [0.25, 0.3) is 0 Å². The van der Waals surface area contributed by atoms with Crippen LogP contribution < -0.4 is 16.0 Å². The molecule has 1 heterocycles. The number of alkyl carbamates (subject to hydrolysis) is 1. The number of amides is 2. The number of anilines is 2. The number of fused-ring (bicyclic) bond motifs is 1. The van der Waals surface area contributed by atoms with Crippen molar-refractivity contribution in [1.82, 2.24) is 5.32 Å². The van der Waals surface area contributed by atoms with Gasteiger partial charge in [-0.1, -0.05) is 44.2 Å². The van der Waals surface area contributed by atoms with Crippen molar-refractivity contribution in [3.8, 4) is 0 Å². The average molecular weight is 440 g/mol. The van der Waals surface area contributed by atoms with E-state index in [9.17, 15) is 9.59 Å². The first-order chi connectivity index (χ1) is 15.2. The molecule has 1 aliphatic rings. The Kier molecular flexibility index (Phi) is 7.28. The van der Waals surface area contributed by atoms with Crippen molar-refractivity contribution in [2.75, 3.05) is 10.6 Å². The second-order valence-electron chi connectivity index (χ2n) is 9.13. The predicted molar refractivity (Wildman–Crippen MR) is 126 cm³/mol. The summed E-state index contributed by atoms with van der Waals surface area (Å²) in [5, 5.41) is 9.35. The summed E-state index contributed by atoms with van der Waals surface area (Å²) in [5.41, 5.74) is 2.77. The number of hydrogen-bond acceptors (Lipinski definition) is 5. The second-order valence-corrected chi connectivity index (χ2v) is 9.13. The molecule has 2 amide bonds. The molecule has 0 aromatic heterocycles. The maximum atomic E-state index is 12.6. The quantitative estimate of drug-likeness (QED) is 0.544. The molecule has 3 rings (SSSR count). The van der Waals surface area contributed by atoms with Gasteiger partial charge in [0.05, 0.1) is 6.04 Å². The normalized spacial score (nSPS) is 19.8. The molecule has 3 N–H and O–H groups in total. The Morgan fingerprint density at radius 1 is 1.06 bits per heavy atom. The van der Waals surface area contributed by atoms with Gasteiger partial charge in [-0.25, -0.2) is 9.59 Å². The van der Waals surface area contributed by atoms with E-state index in [1.165, 1.54) is 0 Å². The highest BCUT2D eigenvalue weighted by Crippen LogP contribution is 2.39. The monoisotopic (exact) mass is 439 g/mol. The second kappa shape index (κ2) is 9.94. The van der Waals surface area contributed by atoms with Crippen LogP contribution in [0.15, 0.2) is 48.5 Å². The smallest absolute Gasteiger partial charge is 0.412 e. The van der Waals surface area contributed by atoms with Gasteiger partial charge in [0, 0.05) is 28.9 Å². The summed E-state index contributed by atoms with van der Waals surface area (Å²) in [6.07, 6.45) is -0.0816. The third kappa shape index (κ3) is 6.15. The van der Waals surface area contributed by atoms with Gasteiger partial charge in [0.15, 0.2) is 0 Å². The van der Waals surface area contributed by atoms with Crippen molar-refractivity contribution >= 4 is 23.6 Å². The number of hydrogen-bond donors (Lipinski definition) is 3. The summed E-state index contributed by atoms with van der Waals surface area (Å²) in [5.74, 6) is 0.119. The third-order valence-corrected chi connectivity index (χ3v) is 5.46. The van der Waals surface area contributed by atoms with Gasteiger partial charge < -0.3 is 20.1 Å². The zero-order chi connectivity index (χ0) is 23.3. The Hall–Kier alpha value is -3.22. The van der Waals surface area contributed by atoms with Crippen LogP contribution in [0, 0.1) is 5.92 Å². The largest absolute Gasteiger partial charge is 0.445 e. The Morgan fingerprint density at radius 2 is 1.78 bits per heavy atom. The summed E-state index contributed by atoms with van der Waals surface area (Å²) in [6, 6.07) is 15.1. The molecule has 1 aliphatic heterocycles. The van der Waals surface area contributed by atoms with Crippen LogP contribution in [0.4, 0.5) is 21.0 Å². The van der Waals surface area contributed by atoms with Crippen LogP contribution in [0.5, 0.6) is 0 Å². The van der Waals surface area contributed by atoms with Crippen LogP contribution in [-0.2, 0) is 16.1 Å². The van der Waals surface area contributed by atoms with Crippen LogP contribution >= 0.6 is 0 Å². The molecule has 0 radical (unpaired) electrons. The van der Waals surface area contributed by atoms with E-state index in [0.29, 0.717) is 5.69 Å². The fourth-order valence-corrected chi connectivity index (χ4v) is 3.87. The molecule has 7 nitrogen and oxygen atoms in total. The topological polar surface area (TPSA) is 88.7 Å². The predicted octanol–water partition coefficient (Wildman–Crippen LogP) is 5.84. The lowest BCUT2D eigenvalue weighted by atomic mass is 9.82. The minimum absolute atomic E-state index is 0.119. The highest BCUT2D eigenvalue weighted by atomic mass is 16.6. The highest BCUT2D eigenvalue weighted by Gasteiger charge is 2.34. The van der Waals surface area contributed by atoms with Crippen molar-refractivity contribution in [1.29, 1.82) is 0 Å². The maximum absolute atomic E-state index is 12.6. The van der Waals surface area contributed by atoms with E-state index in [4.69, 9.17) is 9.47 Å². The highest BCUT2D eigenvalue weighted by molar-refractivity contribution is 5.85. The fraction of sp³-hybridized carbons (Fsp3) is 0.440. The first kappa shape index (κ1) is 23.4. The van der Waals surface area contributed by atoms with Gasteiger partial charge in [0.1, 0.15) is 12.2 Å². The van der Waals surface area contributed by atoms with Gasteiger partial charge in [-0.15, -0.1) is 0 Å². The van der Waals surface area contributed by atoms with Gasteiger partial charge in [-0.3, -0.25) is 5.32 Å². The minimum Gasteiger partial charge on any atom is -0.445 e. The molecule has 172 valence electrons. The lowest BCUT2D eigenvalue weighted by molar-refractivity contribution is 0.0635. The third-order valence-electron chi connectivity index (χ3n) is 5.46. The van der Waals surface area contributed by atoms with Crippen LogP contribution in [-0.4, -0.2) is 23.8 Å². The first-order valence-corrected chi connectivity index (χ1v) is 11.0. The number of ether oxygens (including phenoxy) is 2. The molecule has 2 aromatic carbocycles. The van der Waals surface area contributed by atoms with E-state index in [1.54, 1.807) is 0 Å². The molecular formula is C25H33N3O4. The Labute approximate surface area is 189 Å². The number of carbonyl (C=O) groups excluding carboxylic acids is 2.